The van der Waals surface area contributed by atoms with E-state index in [0.717, 1.165) is 31.5 Å². The van der Waals surface area contributed by atoms with E-state index in [1.807, 2.05) is 0 Å². The van der Waals surface area contributed by atoms with Gasteiger partial charge in [0.15, 0.2) is 0 Å². The number of nitrogens with zero attached hydrogens (tertiary/aromatic N) is 2. The van der Waals surface area contributed by atoms with Crippen LogP contribution in [-0.2, 0) is 5.33 Å². The van der Waals surface area contributed by atoms with Gasteiger partial charge in [-0.15, -0.1) is 0 Å². The summed E-state index contributed by atoms with van der Waals surface area (Å²) in [5.74, 6) is 0. The minimum atomic E-state index is 0.920. The molecule has 1 heterocycles. The van der Waals surface area contributed by atoms with Crippen molar-refractivity contribution in [1.29, 1.82) is 0 Å². The Labute approximate surface area is 135 Å². The van der Waals surface area contributed by atoms with Crippen molar-refractivity contribution < 1.29 is 0 Å². The molecule has 2 nitrogen and oxygen atoms in total. The molecule has 0 aromatic heterocycles. The van der Waals surface area contributed by atoms with Crippen LogP contribution in [0.25, 0.3) is 0 Å². The molecule has 0 bridgehead atoms. The third-order valence-electron chi connectivity index (χ3n) is 4.12. The molecule has 21 heavy (non-hydrogen) atoms. The van der Waals surface area contributed by atoms with Gasteiger partial charge in [0.05, 0.1) is 0 Å². The molecule has 110 valence electrons. The fraction of sp³-hybridized carbons (Fsp3) is 0.333. The number of rotatable bonds is 3. The van der Waals surface area contributed by atoms with Gasteiger partial charge in [-0.2, -0.15) is 0 Å². The number of piperazine rings is 1. The van der Waals surface area contributed by atoms with E-state index in [9.17, 15) is 0 Å². The van der Waals surface area contributed by atoms with Crippen LogP contribution in [0.4, 0.5) is 11.4 Å². The van der Waals surface area contributed by atoms with Crippen molar-refractivity contribution in [1.82, 2.24) is 0 Å². The van der Waals surface area contributed by atoms with Gasteiger partial charge in [-0.1, -0.05) is 51.8 Å². The molecule has 1 aliphatic heterocycles. The van der Waals surface area contributed by atoms with E-state index in [4.69, 9.17) is 0 Å². The molecule has 0 atom stereocenters. The third-order valence-corrected chi connectivity index (χ3v) is 4.72. The van der Waals surface area contributed by atoms with E-state index >= 15 is 0 Å². The zero-order valence-electron chi connectivity index (χ0n) is 12.4. The average Bonchev–Trinajstić information content (AvgIpc) is 2.56. The number of para-hydroxylation sites is 1. The number of alkyl halides is 1. The van der Waals surface area contributed by atoms with E-state index in [1.54, 1.807) is 0 Å². The SMILES string of the molecule is Cc1ccc(N2CCN(c3ccccc3)CC2)c(CBr)c1. The Hall–Kier alpha value is -1.48. The number of aryl methyl sites for hydroxylation is 1. The zero-order valence-corrected chi connectivity index (χ0v) is 14.0. The largest absolute Gasteiger partial charge is 0.368 e. The number of hydrogen-bond acceptors (Lipinski definition) is 2. The minimum Gasteiger partial charge on any atom is -0.368 e. The fourth-order valence-corrected chi connectivity index (χ4v) is 3.42. The minimum absolute atomic E-state index is 0.920. The second-order valence-electron chi connectivity index (χ2n) is 5.58. The van der Waals surface area contributed by atoms with E-state index in [0.29, 0.717) is 0 Å². The smallest absolute Gasteiger partial charge is 0.0408 e. The van der Waals surface area contributed by atoms with Crippen molar-refractivity contribution in [3.05, 3.63) is 59.7 Å². The number of hydrogen-bond donors (Lipinski definition) is 0. The maximum atomic E-state index is 3.62. The Kier molecular flexibility index (Phi) is 4.49. The molecule has 0 amide bonds. The normalized spacial score (nSPS) is 15.3. The van der Waals surface area contributed by atoms with Crippen LogP contribution in [0.3, 0.4) is 0 Å². The highest BCUT2D eigenvalue weighted by Crippen LogP contribution is 2.26. The molecule has 1 fully saturated rings. The second-order valence-corrected chi connectivity index (χ2v) is 6.14. The van der Waals surface area contributed by atoms with Crippen LogP contribution in [0.15, 0.2) is 48.5 Å². The zero-order chi connectivity index (χ0) is 14.7. The molecule has 2 aromatic carbocycles. The first-order valence-corrected chi connectivity index (χ1v) is 8.60. The Morgan fingerprint density at radius 1 is 0.905 bits per heavy atom. The van der Waals surface area contributed by atoms with Crippen LogP contribution in [0.2, 0.25) is 0 Å². The highest BCUT2D eigenvalue weighted by Gasteiger charge is 2.19. The first-order chi connectivity index (χ1) is 10.3. The molecular formula is C18H21BrN2. The van der Waals surface area contributed by atoms with Crippen molar-refractivity contribution in [2.75, 3.05) is 36.0 Å². The van der Waals surface area contributed by atoms with Crippen molar-refractivity contribution >= 4 is 27.3 Å². The Morgan fingerprint density at radius 2 is 1.57 bits per heavy atom. The van der Waals surface area contributed by atoms with Crippen molar-refractivity contribution in [2.45, 2.75) is 12.3 Å². The van der Waals surface area contributed by atoms with Gasteiger partial charge in [-0.3, -0.25) is 0 Å². The highest BCUT2D eigenvalue weighted by atomic mass is 79.9. The van der Waals surface area contributed by atoms with E-state index in [1.165, 1.54) is 22.5 Å². The lowest BCUT2D eigenvalue weighted by Gasteiger charge is -2.38. The maximum Gasteiger partial charge on any atom is 0.0408 e. The first-order valence-electron chi connectivity index (χ1n) is 7.48. The topological polar surface area (TPSA) is 6.48 Å². The van der Waals surface area contributed by atoms with E-state index < -0.39 is 0 Å². The van der Waals surface area contributed by atoms with Crippen molar-refractivity contribution in [3.8, 4) is 0 Å². The monoisotopic (exact) mass is 344 g/mol. The quantitative estimate of drug-likeness (QED) is 0.769. The molecule has 1 saturated heterocycles. The number of anilines is 2. The molecule has 2 aromatic rings. The average molecular weight is 345 g/mol. The summed E-state index contributed by atoms with van der Waals surface area (Å²) in [5, 5.41) is 0.920. The Balaban J connectivity index is 1.71. The lowest BCUT2D eigenvalue weighted by molar-refractivity contribution is 0.652. The van der Waals surface area contributed by atoms with Gasteiger partial charge in [0.2, 0.25) is 0 Å². The van der Waals surface area contributed by atoms with Crippen LogP contribution in [0.1, 0.15) is 11.1 Å². The molecule has 0 spiro atoms. The van der Waals surface area contributed by atoms with Crippen LogP contribution < -0.4 is 9.80 Å². The standard InChI is InChI=1S/C18H21BrN2/c1-15-7-8-18(16(13-15)14-19)21-11-9-20(10-12-21)17-5-3-2-4-6-17/h2-8,13H,9-12,14H2,1H3. The van der Waals surface area contributed by atoms with Gasteiger partial charge < -0.3 is 9.80 Å². The molecule has 0 unspecified atom stereocenters. The molecule has 3 rings (SSSR count). The molecule has 0 radical (unpaired) electrons. The summed E-state index contributed by atoms with van der Waals surface area (Å²) in [4.78, 5) is 4.98. The predicted octanol–water partition coefficient (Wildman–Crippen LogP) is 4.22. The molecule has 3 heteroatoms. The summed E-state index contributed by atoms with van der Waals surface area (Å²) in [6, 6.07) is 17.5. The number of benzene rings is 2. The van der Waals surface area contributed by atoms with Crippen LogP contribution in [-0.4, -0.2) is 26.2 Å². The van der Waals surface area contributed by atoms with Gasteiger partial charge in [0.1, 0.15) is 0 Å². The summed E-state index contributed by atoms with van der Waals surface area (Å²) in [7, 11) is 0. The number of halogens is 1. The first kappa shape index (κ1) is 14.5. The molecule has 0 aliphatic carbocycles. The van der Waals surface area contributed by atoms with Crippen molar-refractivity contribution in [3.63, 3.8) is 0 Å². The summed E-state index contributed by atoms with van der Waals surface area (Å²) in [6.07, 6.45) is 0. The molecular weight excluding hydrogens is 324 g/mol. The van der Waals surface area contributed by atoms with E-state index in [2.05, 4.69) is 81.2 Å². The van der Waals surface area contributed by atoms with Gasteiger partial charge in [-0.25, -0.2) is 0 Å². The van der Waals surface area contributed by atoms with E-state index in [-0.39, 0.29) is 0 Å². The fourth-order valence-electron chi connectivity index (χ4n) is 2.97. The Bertz CT molecular complexity index is 589. The molecule has 0 saturated carbocycles. The van der Waals surface area contributed by atoms with Crippen molar-refractivity contribution in [2.24, 2.45) is 0 Å². The lowest BCUT2D eigenvalue weighted by Crippen LogP contribution is -2.46. The third kappa shape index (κ3) is 3.24. The van der Waals surface area contributed by atoms with Gasteiger partial charge in [-0.05, 0) is 30.7 Å². The van der Waals surface area contributed by atoms with Crippen LogP contribution in [0.5, 0.6) is 0 Å². The summed E-state index contributed by atoms with van der Waals surface area (Å²) >= 11 is 3.62. The lowest BCUT2D eigenvalue weighted by atomic mass is 10.1. The van der Waals surface area contributed by atoms with Gasteiger partial charge >= 0.3 is 0 Å². The highest BCUT2D eigenvalue weighted by molar-refractivity contribution is 9.08. The van der Waals surface area contributed by atoms with Gasteiger partial charge in [0.25, 0.3) is 0 Å². The summed E-state index contributed by atoms with van der Waals surface area (Å²) in [6.45, 7) is 6.48. The summed E-state index contributed by atoms with van der Waals surface area (Å²) in [5.41, 5.74) is 5.44. The summed E-state index contributed by atoms with van der Waals surface area (Å²) < 4.78 is 0. The predicted molar refractivity (Wildman–Crippen MR) is 94.7 cm³/mol. The molecule has 1 aliphatic rings. The second kappa shape index (κ2) is 6.52. The Morgan fingerprint density at radius 3 is 2.24 bits per heavy atom. The molecule has 0 N–H and O–H groups in total. The van der Waals surface area contributed by atoms with Crippen LogP contribution in [0, 0.1) is 6.92 Å². The van der Waals surface area contributed by atoms with Gasteiger partial charge in [0, 0.05) is 42.9 Å². The van der Waals surface area contributed by atoms with Crippen LogP contribution >= 0.6 is 15.9 Å². The maximum absolute atomic E-state index is 3.62.